The van der Waals surface area contributed by atoms with E-state index in [1.54, 1.807) is 40.7 Å². The number of alkyl halides is 3. The number of nitrogens with zero attached hydrogens (tertiary/aromatic N) is 1. The van der Waals surface area contributed by atoms with Crippen molar-refractivity contribution in [3.63, 3.8) is 0 Å². The highest BCUT2D eigenvalue weighted by Crippen LogP contribution is 2.47. The summed E-state index contributed by atoms with van der Waals surface area (Å²) in [6.07, 6.45) is -3.89. The number of H-pyrrole nitrogens is 1. The number of ketones is 1. The van der Waals surface area contributed by atoms with Gasteiger partial charge in [0.25, 0.3) is 0 Å². The molecule has 1 unspecified atom stereocenters. The summed E-state index contributed by atoms with van der Waals surface area (Å²) in [6, 6.07) is 5.65. The third-order valence-electron chi connectivity index (χ3n) is 7.49. The number of aryl methyl sites for hydroxylation is 3. The van der Waals surface area contributed by atoms with Crippen molar-refractivity contribution in [2.24, 2.45) is 10.9 Å². The van der Waals surface area contributed by atoms with E-state index in [0.29, 0.717) is 47.1 Å². The lowest BCUT2D eigenvalue weighted by Crippen LogP contribution is -2.49. The summed E-state index contributed by atoms with van der Waals surface area (Å²) in [5.41, 5.74) is 1.05. The fraction of sp³-hybridized carbons (Fsp3) is 0.625. The summed E-state index contributed by atoms with van der Waals surface area (Å²) in [4.78, 5) is 20.0. The van der Waals surface area contributed by atoms with Gasteiger partial charge in [0.2, 0.25) is 0 Å². The molecule has 0 saturated carbocycles. The summed E-state index contributed by atoms with van der Waals surface area (Å²) in [5.74, 6) is 0.412. The van der Waals surface area contributed by atoms with Crippen molar-refractivity contribution in [3.05, 3.63) is 46.3 Å². The number of Topliss-reactive ketones (excluding diaryl/α,β-unsaturated/α-hetero) is 1. The molecule has 0 bridgehead atoms. The number of aromatic nitrogens is 1. The van der Waals surface area contributed by atoms with Crippen LogP contribution in [0.2, 0.25) is 0 Å². The molecule has 1 aliphatic heterocycles. The van der Waals surface area contributed by atoms with Crippen LogP contribution in [0.3, 0.4) is 0 Å². The van der Waals surface area contributed by atoms with Gasteiger partial charge in [-0.25, -0.2) is 4.99 Å². The second kappa shape index (κ2) is 13.4. The largest absolute Gasteiger partial charge is 0.493 e. The number of rotatable bonds is 11. The van der Waals surface area contributed by atoms with Crippen molar-refractivity contribution in [2.75, 3.05) is 6.61 Å². The Hall–Kier alpha value is -2.61. The third-order valence-corrected chi connectivity index (χ3v) is 7.49. The number of fused-ring (bicyclic) bond motifs is 1. The van der Waals surface area contributed by atoms with E-state index in [2.05, 4.69) is 16.0 Å². The molecule has 1 atom stereocenters. The second-order valence-corrected chi connectivity index (χ2v) is 11.4. The monoisotopic (exact) mass is 564 g/mol. The number of halogens is 3. The highest BCUT2D eigenvalue weighted by Gasteiger charge is 2.55. The fourth-order valence-electron chi connectivity index (χ4n) is 5.23. The summed E-state index contributed by atoms with van der Waals surface area (Å²) >= 11 is 0. The predicted octanol–water partition coefficient (Wildman–Crippen LogP) is 8.15. The first-order valence-electron chi connectivity index (χ1n) is 14.5. The number of nitrogens with one attached hydrogen (secondary N) is 1. The number of hydrogen-bond acceptors (Lipinski definition) is 4. The number of benzene rings is 1. The maximum Gasteiger partial charge on any atom is 0.417 e. The molecule has 2 heterocycles. The molecule has 1 aromatic heterocycles. The average Bonchev–Trinajstić information content (AvgIpc) is 3.51. The van der Waals surface area contributed by atoms with E-state index in [1.165, 1.54) is 0 Å². The van der Waals surface area contributed by atoms with Crippen LogP contribution in [0.15, 0.2) is 23.2 Å². The fourth-order valence-corrected chi connectivity index (χ4v) is 5.23. The van der Waals surface area contributed by atoms with Crippen LogP contribution in [0, 0.1) is 12.8 Å². The lowest BCUT2D eigenvalue weighted by molar-refractivity contribution is -0.269. The van der Waals surface area contributed by atoms with E-state index < -0.39 is 30.0 Å². The molecule has 1 aliphatic rings. The maximum atomic E-state index is 14.4. The van der Waals surface area contributed by atoms with Gasteiger partial charge in [0, 0.05) is 29.3 Å². The first-order valence-corrected chi connectivity index (χ1v) is 14.5. The van der Waals surface area contributed by atoms with Gasteiger partial charge in [-0.05, 0) is 61.6 Å². The highest BCUT2D eigenvalue weighted by atomic mass is 19.4. The smallest absolute Gasteiger partial charge is 0.417 e. The van der Waals surface area contributed by atoms with Gasteiger partial charge < -0.3 is 14.8 Å². The van der Waals surface area contributed by atoms with E-state index in [0.717, 1.165) is 24.0 Å². The topological polar surface area (TPSA) is 74.7 Å². The molecule has 2 aromatic rings. The summed E-state index contributed by atoms with van der Waals surface area (Å²) < 4.78 is 49.0. The molecule has 2 N–H and O–H groups in total. The molecular weight excluding hydrogens is 517 g/mol. The van der Waals surface area contributed by atoms with E-state index in [9.17, 15) is 23.1 Å². The Morgan fingerprint density at radius 1 is 1.15 bits per heavy atom. The minimum atomic E-state index is -4.82. The van der Waals surface area contributed by atoms with Crippen LogP contribution >= 0.6 is 0 Å². The van der Waals surface area contributed by atoms with Gasteiger partial charge in [-0.15, -0.1) is 0 Å². The highest BCUT2D eigenvalue weighted by molar-refractivity contribution is 6.40. The maximum absolute atomic E-state index is 14.4. The van der Waals surface area contributed by atoms with Crippen molar-refractivity contribution in [1.82, 2.24) is 4.98 Å². The standard InChI is InChI=1S/C30H41F3N2O3.C2H6/c1-8-20-14-21-11-13-38-27(21)23(15-20)28(6,7)17-29(37,30(31,32)33)12-10-22-16-25(19(5)34-22)35-24(9-2)26(36)18(3)4;1-2/h14-16,18,34,37H,8-13,17H2,1-7H3;1-2H3. The van der Waals surface area contributed by atoms with Crippen LogP contribution in [0.25, 0.3) is 0 Å². The summed E-state index contributed by atoms with van der Waals surface area (Å²) in [7, 11) is 0. The van der Waals surface area contributed by atoms with Crippen molar-refractivity contribution in [2.45, 2.75) is 118 Å². The van der Waals surface area contributed by atoms with Crippen LogP contribution in [-0.4, -0.2) is 40.0 Å². The van der Waals surface area contributed by atoms with Gasteiger partial charge in [0.1, 0.15) is 5.75 Å². The molecule has 0 amide bonds. The minimum absolute atomic E-state index is 0.0222. The predicted molar refractivity (Wildman–Crippen MR) is 156 cm³/mol. The molecule has 1 aromatic carbocycles. The van der Waals surface area contributed by atoms with Crippen molar-refractivity contribution >= 4 is 17.2 Å². The Kier molecular flexibility index (Phi) is 11.2. The van der Waals surface area contributed by atoms with Crippen LogP contribution in [0.5, 0.6) is 5.75 Å². The molecule has 0 aliphatic carbocycles. The zero-order valence-corrected chi connectivity index (χ0v) is 25.6. The van der Waals surface area contributed by atoms with Crippen LogP contribution in [-0.2, 0) is 29.5 Å². The van der Waals surface area contributed by atoms with Gasteiger partial charge in [0.05, 0.1) is 18.0 Å². The van der Waals surface area contributed by atoms with E-state index in [-0.39, 0.29) is 18.1 Å². The number of carbonyl (C=O) groups is 1. The number of aliphatic imine (C=N–C) groups is 1. The molecule has 40 heavy (non-hydrogen) atoms. The second-order valence-electron chi connectivity index (χ2n) is 11.4. The Morgan fingerprint density at radius 2 is 1.80 bits per heavy atom. The average molecular weight is 565 g/mol. The Balaban J connectivity index is 0.00000274. The first kappa shape index (κ1) is 33.6. The molecule has 0 radical (unpaired) electrons. The van der Waals surface area contributed by atoms with Gasteiger partial charge in [-0.1, -0.05) is 67.5 Å². The normalized spacial score (nSPS) is 15.3. The lowest BCUT2D eigenvalue weighted by Gasteiger charge is -2.38. The van der Waals surface area contributed by atoms with Crippen LogP contribution in [0.4, 0.5) is 18.9 Å². The van der Waals surface area contributed by atoms with Crippen molar-refractivity contribution in [1.29, 1.82) is 0 Å². The number of hydrogen-bond donors (Lipinski definition) is 2. The number of ether oxygens (including phenoxy) is 1. The van der Waals surface area contributed by atoms with Gasteiger partial charge >= 0.3 is 6.18 Å². The van der Waals surface area contributed by atoms with E-state index in [4.69, 9.17) is 4.74 Å². The SMILES string of the molecule is CC.CCC(=Nc1cc(CCC(O)(CC(C)(C)c2cc(CC)cc3c2OCC3)C(F)(F)F)[nH]c1C)C(=O)C(C)C. The summed E-state index contributed by atoms with van der Waals surface area (Å²) in [6.45, 7) is 17.2. The van der Waals surface area contributed by atoms with Crippen LogP contribution < -0.4 is 4.74 Å². The Bertz CT molecular complexity index is 1190. The molecule has 224 valence electrons. The van der Waals surface area contributed by atoms with Gasteiger partial charge in [-0.3, -0.25) is 4.79 Å². The molecular formula is C32H47F3N2O3. The van der Waals surface area contributed by atoms with Crippen LogP contribution in [0.1, 0.15) is 103 Å². The number of aromatic amines is 1. The Labute approximate surface area is 237 Å². The molecule has 0 saturated heterocycles. The quantitative estimate of drug-likeness (QED) is 0.271. The van der Waals surface area contributed by atoms with Crippen molar-refractivity contribution < 1.29 is 27.8 Å². The van der Waals surface area contributed by atoms with Gasteiger partial charge in [-0.2, -0.15) is 13.2 Å². The van der Waals surface area contributed by atoms with E-state index >= 15 is 0 Å². The third kappa shape index (κ3) is 7.56. The van der Waals surface area contributed by atoms with Gasteiger partial charge in [0.15, 0.2) is 11.4 Å². The molecule has 0 fully saturated rings. The van der Waals surface area contributed by atoms with E-state index in [1.807, 2.05) is 33.8 Å². The first-order chi connectivity index (χ1) is 18.6. The zero-order valence-electron chi connectivity index (χ0n) is 25.6. The molecule has 0 spiro atoms. The lowest BCUT2D eigenvalue weighted by atomic mass is 9.72. The zero-order chi connectivity index (χ0) is 30.5. The summed E-state index contributed by atoms with van der Waals surface area (Å²) in [5, 5.41) is 11.1. The number of aliphatic hydroxyl groups is 1. The van der Waals surface area contributed by atoms with Crippen molar-refractivity contribution in [3.8, 4) is 5.75 Å². The molecule has 5 nitrogen and oxygen atoms in total. The molecule has 3 rings (SSSR count). The Morgan fingerprint density at radius 3 is 2.35 bits per heavy atom. The molecule has 8 heteroatoms. The minimum Gasteiger partial charge on any atom is -0.493 e. The number of carbonyl (C=O) groups excluding carboxylic acids is 1.